The number of hydrogen-bond acceptors (Lipinski definition) is 2. The Labute approximate surface area is 135 Å². The fourth-order valence-electron chi connectivity index (χ4n) is 3.61. The molecular weight excluding hydrogens is 286 g/mol. The van der Waals surface area contributed by atoms with E-state index in [9.17, 15) is 4.79 Å². The maximum atomic E-state index is 12.3. The summed E-state index contributed by atoms with van der Waals surface area (Å²) in [4.78, 5) is 12.3. The van der Waals surface area contributed by atoms with Crippen molar-refractivity contribution in [3.05, 3.63) is 42.5 Å². The third-order valence-corrected chi connectivity index (χ3v) is 4.73. The first-order chi connectivity index (χ1) is 11.3. The van der Waals surface area contributed by atoms with Crippen LogP contribution < -0.4 is 10.6 Å². The highest BCUT2D eigenvalue weighted by molar-refractivity contribution is 6.10. The second-order valence-electron chi connectivity index (χ2n) is 6.13. The van der Waals surface area contributed by atoms with E-state index < -0.39 is 0 Å². The number of benzene rings is 2. The maximum Gasteiger partial charge on any atom is 0.241 e. The molecule has 118 valence electrons. The molecule has 2 heterocycles. The summed E-state index contributed by atoms with van der Waals surface area (Å²) in [5.74, 6) is 0.0704. The van der Waals surface area contributed by atoms with Crippen LogP contribution >= 0.6 is 0 Å². The molecule has 1 aliphatic heterocycles. The quantitative estimate of drug-likeness (QED) is 0.778. The summed E-state index contributed by atoms with van der Waals surface area (Å²) < 4.78 is 2.31. The van der Waals surface area contributed by atoms with E-state index >= 15 is 0 Å². The van der Waals surface area contributed by atoms with Gasteiger partial charge in [0.15, 0.2) is 0 Å². The van der Waals surface area contributed by atoms with E-state index in [1.165, 1.54) is 21.8 Å². The molecule has 4 heteroatoms. The highest BCUT2D eigenvalue weighted by Crippen LogP contribution is 2.31. The van der Waals surface area contributed by atoms with Crippen molar-refractivity contribution in [3.63, 3.8) is 0 Å². The largest absolute Gasteiger partial charge is 0.341 e. The molecule has 0 bridgehead atoms. The molecule has 1 atom stereocenters. The first-order valence-electron chi connectivity index (χ1n) is 8.33. The predicted octanol–water partition coefficient (Wildman–Crippen LogP) is 3.50. The number of carbonyl (C=O) groups excluding carboxylic acids is 1. The molecule has 1 fully saturated rings. The summed E-state index contributed by atoms with van der Waals surface area (Å²) in [6.07, 6.45) is 1.99. The van der Waals surface area contributed by atoms with E-state index in [-0.39, 0.29) is 11.9 Å². The Morgan fingerprint density at radius 1 is 1.22 bits per heavy atom. The van der Waals surface area contributed by atoms with Crippen LogP contribution in [-0.4, -0.2) is 23.1 Å². The van der Waals surface area contributed by atoms with Gasteiger partial charge in [0.25, 0.3) is 0 Å². The van der Waals surface area contributed by atoms with Crippen LogP contribution in [0.4, 0.5) is 5.69 Å². The molecular formula is C19H21N3O. The number of hydrogen-bond donors (Lipinski definition) is 2. The Bertz CT molecular complexity index is 875. The van der Waals surface area contributed by atoms with E-state index in [0.29, 0.717) is 0 Å². The summed E-state index contributed by atoms with van der Waals surface area (Å²) in [6, 6.07) is 14.6. The molecule has 0 aliphatic carbocycles. The zero-order chi connectivity index (χ0) is 15.8. The molecule has 0 spiro atoms. The molecule has 2 aromatic carbocycles. The maximum absolute atomic E-state index is 12.3. The van der Waals surface area contributed by atoms with Crippen LogP contribution in [0.25, 0.3) is 21.8 Å². The van der Waals surface area contributed by atoms with Crippen LogP contribution in [0.5, 0.6) is 0 Å². The lowest BCUT2D eigenvalue weighted by atomic mass is 10.1. The SMILES string of the molecule is CCn1c2ccccc2c2cc(NC(=O)C3CCCN3)ccc21. The number of nitrogens with zero attached hydrogens (tertiary/aromatic N) is 1. The summed E-state index contributed by atoms with van der Waals surface area (Å²) in [5.41, 5.74) is 3.33. The second-order valence-corrected chi connectivity index (χ2v) is 6.13. The average molecular weight is 307 g/mol. The molecule has 1 amide bonds. The molecule has 0 saturated carbocycles. The van der Waals surface area contributed by atoms with E-state index in [1.54, 1.807) is 0 Å². The van der Waals surface area contributed by atoms with E-state index in [1.807, 2.05) is 6.07 Å². The van der Waals surface area contributed by atoms with Crippen molar-refractivity contribution in [1.82, 2.24) is 9.88 Å². The lowest BCUT2D eigenvalue weighted by molar-refractivity contribution is -0.117. The number of fused-ring (bicyclic) bond motifs is 3. The molecule has 23 heavy (non-hydrogen) atoms. The number of rotatable bonds is 3. The summed E-state index contributed by atoms with van der Waals surface area (Å²) in [5, 5.41) is 8.73. The minimum atomic E-state index is -0.0531. The van der Waals surface area contributed by atoms with Gasteiger partial charge in [0.05, 0.1) is 6.04 Å². The van der Waals surface area contributed by atoms with Gasteiger partial charge in [-0.2, -0.15) is 0 Å². The zero-order valence-electron chi connectivity index (χ0n) is 13.3. The van der Waals surface area contributed by atoms with Crippen molar-refractivity contribution in [3.8, 4) is 0 Å². The molecule has 2 N–H and O–H groups in total. The normalized spacial score (nSPS) is 17.9. The van der Waals surface area contributed by atoms with Crippen LogP contribution in [0.2, 0.25) is 0 Å². The van der Waals surface area contributed by atoms with Gasteiger partial charge in [0.2, 0.25) is 5.91 Å². The predicted molar refractivity (Wildman–Crippen MR) is 94.8 cm³/mol. The van der Waals surface area contributed by atoms with Crippen molar-refractivity contribution in [2.75, 3.05) is 11.9 Å². The Morgan fingerprint density at radius 2 is 2.04 bits per heavy atom. The molecule has 4 nitrogen and oxygen atoms in total. The minimum absolute atomic E-state index is 0.0531. The van der Waals surface area contributed by atoms with Crippen molar-refractivity contribution in [2.24, 2.45) is 0 Å². The van der Waals surface area contributed by atoms with Crippen molar-refractivity contribution in [2.45, 2.75) is 32.4 Å². The lowest BCUT2D eigenvalue weighted by Crippen LogP contribution is -2.35. The number of aryl methyl sites for hydroxylation is 1. The van der Waals surface area contributed by atoms with Crippen LogP contribution in [0.1, 0.15) is 19.8 Å². The van der Waals surface area contributed by atoms with Gasteiger partial charge in [-0.3, -0.25) is 4.79 Å². The van der Waals surface area contributed by atoms with Crippen molar-refractivity contribution in [1.29, 1.82) is 0 Å². The smallest absolute Gasteiger partial charge is 0.241 e. The Kier molecular flexibility index (Phi) is 3.54. The molecule has 1 aliphatic rings. The fourth-order valence-corrected chi connectivity index (χ4v) is 3.61. The Hall–Kier alpha value is -2.33. The van der Waals surface area contributed by atoms with Crippen LogP contribution in [-0.2, 0) is 11.3 Å². The number of carbonyl (C=O) groups is 1. The van der Waals surface area contributed by atoms with Gasteiger partial charge in [-0.15, -0.1) is 0 Å². The van der Waals surface area contributed by atoms with Gasteiger partial charge in [-0.25, -0.2) is 0 Å². The summed E-state index contributed by atoms with van der Waals surface area (Å²) in [7, 11) is 0. The lowest BCUT2D eigenvalue weighted by Gasteiger charge is -2.11. The molecule has 4 rings (SSSR count). The van der Waals surface area contributed by atoms with Gasteiger partial charge < -0.3 is 15.2 Å². The molecule has 1 saturated heterocycles. The molecule has 3 aromatic rings. The number of nitrogens with one attached hydrogen (secondary N) is 2. The van der Waals surface area contributed by atoms with Crippen molar-refractivity contribution < 1.29 is 4.79 Å². The molecule has 0 radical (unpaired) electrons. The highest BCUT2D eigenvalue weighted by Gasteiger charge is 2.22. The van der Waals surface area contributed by atoms with Gasteiger partial charge in [0, 0.05) is 34.0 Å². The zero-order valence-corrected chi connectivity index (χ0v) is 13.3. The van der Waals surface area contributed by atoms with Crippen LogP contribution in [0.3, 0.4) is 0 Å². The van der Waals surface area contributed by atoms with Crippen LogP contribution in [0, 0.1) is 0 Å². The monoisotopic (exact) mass is 307 g/mol. The topological polar surface area (TPSA) is 46.1 Å². The fraction of sp³-hybridized carbons (Fsp3) is 0.316. The Balaban J connectivity index is 1.75. The Morgan fingerprint density at radius 3 is 2.83 bits per heavy atom. The van der Waals surface area contributed by atoms with Gasteiger partial charge in [-0.1, -0.05) is 18.2 Å². The van der Waals surface area contributed by atoms with Gasteiger partial charge in [0.1, 0.15) is 0 Å². The number of aromatic nitrogens is 1. The molecule has 1 unspecified atom stereocenters. The van der Waals surface area contributed by atoms with Gasteiger partial charge in [-0.05, 0) is 50.6 Å². The third-order valence-electron chi connectivity index (χ3n) is 4.73. The first kappa shape index (κ1) is 14.3. The van der Waals surface area contributed by atoms with Gasteiger partial charge >= 0.3 is 0 Å². The van der Waals surface area contributed by atoms with E-state index in [2.05, 4.69) is 58.5 Å². The summed E-state index contributed by atoms with van der Waals surface area (Å²) in [6.45, 7) is 4.02. The summed E-state index contributed by atoms with van der Waals surface area (Å²) >= 11 is 0. The molecule has 1 aromatic heterocycles. The second kappa shape index (κ2) is 5.70. The number of anilines is 1. The first-order valence-corrected chi connectivity index (χ1v) is 8.33. The third kappa shape index (κ3) is 2.39. The minimum Gasteiger partial charge on any atom is -0.341 e. The van der Waals surface area contributed by atoms with Crippen LogP contribution in [0.15, 0.2) is 42.5 Å². The highest BCUT2D eigenvalue weighted by atomic mass is 16.2. The number of amides is 1. The van der Waals surface area contributed by atoms with E-state index in [0.717, 1.165) is 31.6 Å². The number of para-hydroxylation sites is 1. The van der Waals surface area contributed by atoms with Crippen molar-refractivity contribution >= 4 is 33.4 Å². The average Bonchev–Trinajstić information content (AvgIpc) is 3.21. The van der Waals surface area contributed by atoms with E-state index in [4.69, 9.17) is 0 Å². The standard InChI is InChI=1S/C19H21N3O/c1-2-22-17-8-4-3-6-14(17)15-12-13(9-10-18(15)22)21-19(23)16-7-5-11-20-16/h3-4,6,8-10,12,16,20H,2,5,7,11H2,1H3,(H,21,23).